The summed E-state index contributed by atoms with van der Waals surface area (Å²) in [7, 11) is 0. The molecule has 1 aromatic carbocycles. The van der Waals surface area contributed by atoms with E-state index in [0.29, 0.717) is 23.7 Å². The van der Waals surface area contributed by atoms with Crippen LogP contribution in [0.15, 0.2) is 36.5 Å². The minimum absolute atomic E-state index is 0.0172. The lowest BCUT2D eigenvalue weighted by Crippen LogP contribution is -2.45. The van der Waals surface area contributed by atoms with Crippen LogP contribution in [0, 0.1) is 35.4 Å². The Hall–Kier alpha value is -2.23. The lowest BCUT2D eigenvalue weighted by molar-refractivity contribution is -0.128. The monoisotopic (exact) mass is 408 g/mol. The molecule has 160 valence electrons. The van der Waals surface area contributed by atoms with Crippen LogP contribution >= 0.6 is 0 Å². The van der Waals surface area contributed by atoms with Crippen molar-refractivity contribution < 1.29 is 9.18 Å². The van der Waals surface area contributed by atoms with Crippen LogP contribution in [-0.4, -0.2) is 16.4 Å². The maximum absolute atomic E-state index is 13.8. The van der Waals surface area contributed by atoms with Gasteiger partial charge in [-0.3, -0.25) is 9.78 Å². The van der Waals surface area contributed by atoms with Crippen LogP contribution in [0.25, 0.3) is 16.5 Å². The van der Waals surface area contributed by atoms with E-state index in [2.05, 4.69) is 30.2 Å². The first-order chi connectivity index (χ1) is 14.1. The van der Waals surface area contributed by atoms with Gasteiger partial charge in [-0.15, -0.1) is 0 Å². The van der Waals surface area contributed by atoms with Crippen LogP contribution in [0.3, 0.4) is 0 Å². The zero-order chi connectivity index (χ0) is 21.6. The Bertz CT molecular complexity index is 990. The molecule has 1 saturated carbocycles. The number of nitrogens with zero attached hydrogens (tertiary/aromatic N) is 1. The predicted molar refractivity (Wildman–Crippen MR) is 120 cm³/mol. The van der Waals surface area contributed by atoms with Gasteiger partial charge in [0.05, 0.1) is 5.52 Å². The number of hydrogen-bond acceptors (Lipinski definition) is 2. The van der Waals surface area contributed by atoms with Crippen LogP contribution in [0.5, 0.6) is 0 Å². The van der Waals surface area contributed by atoms with Crippen molar-refractivity contribution in [2.75, 3.05) is 0 Å². The summed E-state index contributed by atoms with van der Waals surface area (Å²) in [6.45, 7) is 10.4. The minimum atomic E-state index is -0.216. The molecule has 1 amide bonds. The Morgan fingerprint density at radius 1 is 1.20 bits per heavy atom. The van der Waals surface area contributed by atoms with E-state index in [-0.39, 0.29) is 23.2 Å². The number of carbonyl (C=O) groups excluding carboxylic acids is 1. The average molecular weight is 409 g/mol. The van der Waals surface area contributed by atoms with Crippen LogP contribution in [-0.2, 0) is 4.79 Å². The van der Waals surface area contributed by atoms with Gasteiger partial charge in [-0.2, -0.15) is 0 Å². The molecule has 3 nitrogen and oxygen atoms in total. The number of amides is 1. The molecular formula is C26H33FN2O. The summed E-state index contributed by atoms with van der Waals surface area (Å²) in [5, 5.41) is 4.04. The fourth-order valence-corrected chi connectivity index (χ4v) is 5.41. The molecule has 0 aliphatic heterocycles. The summed E-state index contributed by atoms with van der Waals surface area (Å²) in [6, 6.07) is 6.85. The zero-order valence-electron chi connectivity index (χ0n) is 18.7. The predicted octanol–water partition coefficient (Wildman–Crippen LogP) is 5.99. The van der Waals surface area contributed by atoms with E-state index in [1.54, 1.807) is 12.1 Å². The molecule has 0 radical (unpaired) electrons. The van der Waals surface area contributed by atoms with Gasteiger partial charge in [0.2, 0.25) is 5.91 Å². The first kappa shape index (κ1) is 21.0. The normalized spacial score (nSPS) is 25.7. The number of pyridine rings is 1. The minimum Gasteiger partial charge on any atom is -0.351 e. The quantitative estimate of drug-likeness (QED) is 0.675. The molecule has 2 aliphatic carbocycles. The number of benzene rings is 1. The van der Waals surface area contributed by atoms with Gasteiger partial charge >= 0.3 is 0 Å². The van der Waals surface area contributed by atoms with E-state index in [1.807, 2.05) is 33.0 Å². The van der Waals surface area contributed by atoms with Crippen molar-refractivity contribution in [1.82, 2.24) is 10.3 Å². The highest BCUT2D eigenvalue weighted by molar-refractivity contribution is 5.92. The first-order valence-corrected chi connectivity index (χ1v) is 11.2. The molecule has 1 unspecified atom stereocenters. The van der Waals surface area contributed by atoms with Gasteiger partial charge in [0.1, 0.15) is 5.82 Å². The second-order valence-corrected chi connectivity index (χ2v) is 10.5. The van der Waals surface area contributed by atoms with Crippen molar-refractivity contribution in [3.05, 3.63) is 47.9 Å². The second-order valence-electron chi connectivity index (χ2n) is 10.5. The number of hydrogen-bond donors (Lipinski definition) is 1. The number of nitrogens with one attached hydrogen (secondary N) is 1. The number of aromatic nitrogens is 1. The van der Waals surface area contributed by atoms with Crippen molar-refractivity contribution >= 4 is 22.4 Å². The van der Waals surface area contributed by atoms with Crippen molar-refractivity contribution in [2.45, 2.75) is 59.4 Å². The van der Waals surface area contributed by atoms with Crippen molar-refractivity contribution in [2.24, 2.45) is 29.6 Å². The highest BCUT2D eigenvalue weighted by Gasteiger charge is 2.41. The van der Waals surface area contributed by atoms with E-state index < -0.39 is 0 Å². The summed E-state index contributed by atoms with van der Waals surface area (Å²) < 4.78 is 13.8. The molecule has 0 bridgehead atoms. The van der Waals surface area contributed by atoms with Gasteiger partial charge in [-0.25, -0.2) is 4.39 Å². The average Bonchev–Trinajstić information content (AvgIpc) is 3.24. The molecule has 1 heterocycles. The van der Waals surface area contributed by atoms with Crippen LogP contribution in [0.1, 0.15) is 59.4 Å². The maximum Gasteiger partial charge on any atom is 0.223 e. The number of allylic oxidation sites excluding steroid dienone is 2. The molecule has 1 N–H and O–H groups in total. The smallest absolute Gasteiger partial charge is 0.223 e. The maximum atomic E-state index is 13.8. The van der Waals surface area contributed by atoms with Gasteiger partial charge in [-0.05, 0) is 99.1 Å². The third-order valence-corrected chi connectivity index (χ3v) is 7.18. The molecule has 2 aromatic rings. The van der Waals surface area contributed by atoms with Gasteiger partial charge in [0.15, 0.2) is 0 Å². The Balaban J connectivity index is 1.48. The Morgan fingerprint density at radius 2 is 1.97 bits per heavy atom. The molecule has 4 heteroatoms. The molecule has 4 rings (SSSR count). The third-order valence-electron chi connectivity index (χ3n) is 7.18. The van der Waals surface area contributed by atoms with Crippen LogP contribution in [0.2, 0.25) is 0 Å². The Labute approximate surface area is 179 Å². The number of rotatable bonds is 4. The van der Waals surface area contributed by atoms with Crippen LogP contribution < -0.4 is 5.32 Å². The van der Waals surface area contributed by atoms with Crippen molar-refractivity contribution in [3.63, 3.8) is 0 Å². The summed E-state index contributed by atoms with van der Waals surface area (Å²) in [6.07, 6.45) is 7.57. The highest BCUT2D eigenvalue weighted by Crippen LogP contribution is 2.51. The van der Waals surface area contributed by atoms with E-state index in [0.717, 1.165) is 35.7 Å². The molecule has 30 heavy (non-hydrogen) atoms. The molecular weight excluding hydrogens is 375 g/mol. The SMILES string of the molecule is CC([C@H]1C[C@@H]2CC(c3ccnc4ccc(F)cc34)=C[C@@H]2C1)[C@H](C)C(=O)NC(C)(C)C. The standard InChI is InChI=1S/C26H33FN2O/c1-15(16(2)25(30)29-26(3,4)5)17-10-18-12-20(13-19(18)11-17)22-8-9-28-24-7-6-21(27)14-23(22)24/h6-9,12,14-19H,10-11,13H2,1-5H3,(H,29,30)/t15?,16-,17+,18-,19+/m0/s1. The molecule has 1 aromatic heterocycles. The van der Waals surface area contributed by atoms with Gasteiger partial charge in [0, 0.05) is 23.0 Å². The number of fused-ring (bicyclic) bond motifs is 2. The van der Waals surface area contributed by atoms with Gasteiger partial charge in [0.25, 0.3) is 0 Å². The summed E-state index contributed by atoms with van der Waals surface area (Å²) in [5.41, 5.74) is 3.10. The summed E-state index contributed by atoms with van der Waals surface area (Å²) in [5.74, 6) is 2.09. The lowest BCUT2D eigenvalue weighted by Gasteiger charge is -2.29. The van der Waals surface area contributed by atoms with E-state index in [4.69, 9.17) is 0 Å². The number of halogens is 1. The van der Waals surface area contributed by atoms with E-state index in [9.17, 15) is 9.18 Å². The first-order valence-electron chi connectivity index (χ1n) is 11.2. The molecule has 0 spiro atoms. The largest absolute Gasteiger partial charge is 0.351 e. The van der Waals surface area contributed by atoms with E-state index in [1.165, 1.54) is 11.6 Å². The van der Waals surface area contributed by atoms with Gasteiger partial charge in [-0.1, -0.05) is 19.9 Å². The molecule has 1 fully saturated rings. The Morgan fingerprint density at radius 3 is 2.67 bits per heavy atom. The fourth-order valence-electron chi connectivity index (χ4n) is 5.41. The molecule has 2 aliphatic rings. The molecule has 0 saturated heterocycles. The van der Waals surface area contributed by atoms with Crippen molar-refractivity contribution in [3.8, 4) is 0 Å². The second kappa shape index (κ2) is 7.79. The van der Waals surface area contributed by atoms with E-state index >= 15 is 0 Å². The third kappa shape index (κ3) is 4.14. The highest BCUT2D eigenvalue weighted by atomic mass is 19.1. The summed E-state index contributed by atoms with van der Waals surface area (Å²) in [4.78, 5) is 17.0. The summed E-state index contributed by atoms with van der Waals surface area (Å²) >= 11 is 0. The lowest BCUT2D eigenvalue weighted by atomic mass is 9.80. The fraction of sp³-hybridized carbons (Fsp3) is 0.538. The molecule has 5 atom stereocenters. The number of carbonyl (C=O) groups is 1. The van der Waals surface area contributed by atoms with Crippen molar-refractivity contribution in [1.29, 1.82) is 0 Å². The Kier molecular flexibility index (Phi) is 5.46. The topological polar surface area (TPSA) is 42.0 Å². The van der Waals surface area contributed by atoms with Crippen LogP contribution in [0.4, 0.5) is 4.39 Å². The zero-order valence-corrected chi connectivity index (χ0v) is 18.7. The van der Waals surface area contributed by atoms with Gasteiger partial charge < -0.3 is 5.32 Å².